The summed E-state index contributed by atoms with van der Waals surface area (Å²) in [6, 6.07) is 2.33. The number of hydrogen-bond donors (Lipinski definition) is 1. The minimum atomic E-state index is 0.286. The fraction of sp³-hybridized carbons (Fsp3) is 0.667. The molecule has 0 amide bonds. The maximum Gasteiger partial charge on any atom is 0.0419 e. The van der Waals surface area contributed by atoms with Gasteiger partial charge in [0.25, 0.3) is 0 Å². The molecule has 76 valence electrons. The van der Waals surface area contributed by atoms with Gasteiger partial charge in [0, 0.05) is 17.0 Å². The normalized spacial score (nSPS) is 31.5. The number of hydrogen-bond acceptors (Lipinski definition) is 2. The summed E-state index contributed by atoms with van der Waals surface area (Å²) in [4.78, 5) is 1.62. The highest BCUT2D eigenvalue weighted by Gasteiger charge is 2.37. The van der Waals surface area contributed by atoms with Crippen molar-refractivity contribution in [2.24, 2.45) is 5.92 Å². The molecular formula is C12H17NS. The molecule has 0 bridgehead atoms. The van der Waals surface area contributed by atoms with Crippen molar-refractivity contribution in [1.29, 1.82) is 0 Å². The van der Waals surface area contributed by atoms with Gasteiger partial charge in [-0.2, -0.15) is 0 Å². The predicted octanol–water partition coefficient (Wildman–Crippen LogP) is 2.91. The van der Waals surface area contributed by atoms with E-state index in [1.54, 1.807) is 10.4 Å². The van der Waals surface area contributed by atoms with Gasteiger partial charge >= 0.3 is 0 Å². The van der Waals surface area contributed by atoms with Crippen molar-refractivity contribution in [2.45, 2.75) is 38.1 Å². The minimum Gasteiger partial charge on any atom is -0.307 e. The average molecular weight is 207 g/mol. The molecule has 1 aromatic rings. The van der Waals surface area contributed by atoms with Gasteiger partial charge in [-0.05, 0) is 42.7 Å². The van der Waals surface area contributed by atoms with Crippen molar-refractivity contribution in [3.63, 3.8) is 0 Å². The summed E-state index contributed by atoms with van der Waals surface area (Å²) in [6.07, 6.45) is 5.48. The van der Waals surface area contributed by atoms with E-state index in [4.69, 9.17) is 0 Å². The predicted molar refractivity (Wildman–Crippen MR) is 60.7 cm³/mol. The molecule has 0 aromatic carbocycles. The third kappa shape index (κ3) is 1.41. The molecule has 1 unspecified atom stereocenters. The first-order chi connectivity index (χ1) is 6.78. The van der Waals surface area contributed by atoms with Gasteiger partial charge < -0.3 is 5.32 Å². The van der Waals surface area contributed by atoms with E-state index in [1.807, 2.05) is 11.3 Å². The van der Waals surface area contributed by atoms with E-state index in [0.29, 0.717) is 0 Å². The van der Waals surface area contributed by atoms with Crippen LogP contribution < -0.4 is 5.32 Å². The van der Waals surface area contributed by atoms with Gasteiger partial charge in [0.1, 0.15) is 0 Å². The fourth-order valence-corrected chi connectivity index (χ4v) is 3.66. The van der Waals surface area contributed by atoms with E-state index in [-0.39, 0.29) is 5.54 Å². The molecule has 2 aliphatic rings. The lowest BCUT2D eigenvalue weighted by Crippen LogP contribution is -2.44. The number of thiophene rings is 1. The molecule has 1 aliphatic carbocycles. The van der Waals surface area contributed by atoms with Gasteiger partial charge in [-0.3, -0.25) is 0 Å². The Morgan fingerprint density at radius 3 is 3.21 bits per heavy atom. The quantitative estimate of drug-likeness (QED) is 0.786. The van der Waals surface area contributed by atoms with Crippen molar-refractivity contribution in [3.8, 4) is 0 Å². The van der Waals surface area contributed by atoms with Crippen LogP contribution in [0.25, 0.3) is 0 Å². The van der Waals surface area contributed by atoms with Gasteiger partial charge in [0.05, 0.1) is 0 Å². The second kappa shape index (κ2) is 3.07. The van der Waals surface area contributed by atoms with Crippen LogP contribution in [-0.4, -0.2) is 6.54 Å². The van der Waals surface area contributed by atoms with Gasteiger partial charge in [-0.1, -0.05) is 12.8 Å². The molecular weight excluding hydrogens is 190 g/mol. The first-order valence-corrected chi connectivity index (χ1v) is 6.48. The summed E-state index contributed by atoms with van der Waals surface area (Å²) in [7, 11) is 0. The standard InChI is InChI=1S/C12H17NS/c1-12(8-9-2-3-9)10-5-7-14-11(10)4-6-13-12/h5,7,9,13H,2-4,6,8H2,1H3. The van der Waals surface area contributed by atoms with E-state index in [0.717, 1.165) is 12.5 Å². The summed E-state index contributed by atoms with van der Waals surface area (Å²) >= 11 is 1.94. The highest BCUT2D eigenvalue weighted by Crippen LogP contribution is 2.43. The summed E-state index contributed by atoms with van der Waals surface area (Å²) in [6.45, 7) is 3.55. The summed E-state index contributed by atoms with van der Waals surface area (Å²) in [5, 5.41) is 5.97. The molecule has 0 saturated heterocycles. The SMILES string of the molecule is CC1(CC2CC2)NCCc2sccc21. The molecule has 0 radical (unpaired) electrons. The van der Waals surface area contributed by atoms with Crippen molar-refractivity contribution in [3.05, 3.63) is 21.9 Å². The lowest BCUT2D eigenvalue weighted by atomic mass is 9.84. The number of rotatable bonds is 2. The molecule has 1 N–H and O–H groups in total. The van der Waals surface area contributed by atoms with Gasteiger partial charge in [-0.25, -0.2) is 0 Å². The Bertz CT molecular complexity index is 340. The zero-order valence-electron chi connectivity index (χ0n) is 8.68. The molecule has 0 spiro atoms. The van der Waals surface area contributed by atoms with Crippen molar-refractivity contribution in [1.82, 2.24) is 5.32 Å². The third-order valence-corrected chi connectivity index (χ3v) is 4.58. The van der Waals surface area contributed by atoms with Crippen LogP contribution in [0.1, 0.15) is 36.6 Å². The zero-order valence-corrected chi connectivity index (χ0v) is 9.49. The highest BCUT2D eigenvalue weighted by atomic mass is 32.1. The maximum absolute atomic E-state index is 3.72. The molecule has 2 heterocycles. The van der Waals surface area contributed by atoms with Gasteiger partial charge in [0.15, 0.2) is 0 Å². The Kier molecular flexibility index (Phi) is 1.96. The Labute approximate surface area is 89.5 Å². The number of nitrogens with one attached hydrogen (secondary N) is 1. The molecule has 3 rings (SSSR count). The van der Waals surface area contributed by atoms with Crippen LogP contribution in [-0.2, 0) is 12.0 Å². The summed E-state index contributed by atoms with van der Waals surface area (Å²) < 4.78 is 0. The number of fused-ring (bicyclic) bond motifs is 1. The average Bonchev–Trinajstić information content (AvgIpc) is 2.82. The smallest absolute Gasteiger partial charge is 0.0419 e. The molecule has 14 heavy (non-hydrogen) atoms. The Morgan fingerprint density at radius 2 is 2.43 bits per heavy atom. The van der Waals surface area contributed by atoms with E-state index < -0.39 is 0 Å². The lowest BCUT2D eigenvalue weighted by molar-refractivity contribution is 0.309. The molecule has 1 fully saturated rings. The van der Waals surface area contributed by atoms with Crippen LogP contribution in [0.2, 0.25) is 0 Å². The van der Waals surface area contributed by atoms with Crippen molar-refractivity contribution < 1.29 is 0 Å². The van der Waals surface area contributed by atoms with Crippen molar-refractivity contribution in [2.75, 3.05) is 6.54 Å². The molecule has 1 saturated carbocycles. The van der Waals surface area contributed by atoms with E-state index in [9.17, 15) is 0 Å². The second-order valence-electron chi connectivity index (χ2n) is 4.91. The van der Waals surface area contributed by atoms with E-state index in [1.165, 1.54) is 25.7 Å². The van der Waals surface area contributed by atoms with Crippen LogP contribution in [0, 0.1) is 5.92 Å². The lowest BCUT2D eigenvalue weighted by Gasteiger charge is -2.35. The van der Waals surface area contributed by atoms with E-state index >= 15 is 0 Å². The molecule has 1 nitrogen and oxygen atoms in total. The van der Waals surface area contributed by atoms with E-state index in [2.05, 4.69) is 23.7 Å². The van der Waals surface area contributed by atoms with Crippen LogP contribution in [0.3, 0.4) is 0 Å². The monoisotopic (exact) mass is 207 g/mol. The van der Waals surface area contributed by atoms with Crippen LogP contribution in [0.5, 0.6) is 0 Å². The topological polar surface area (TPSA) is 12.0 Å². The van der Waals surface area contributed by atoms with Crippen molar-refractivity contribution >= 4 is 11.3 Å². The van der Waals surface area contributed by atoms with Crippen LogP contribution in [0.4, 0.5) is 0 Å². The van der Waals surface area contributed by atoms with Gasteiger partial charge in [-0.15, -0.1) is 11.3 Å². The van der Waals surface area contributed by atoms with Crippen LogP contribution in [0.15, 0.2) is 11.4 Å². The van der Waals surface area contributed by atoms with Gasteiger partial charge in [0.2, 0.25) is 0 Å². The Morgan fingerprint density at radius 1 is 1.57 bits per heavy atom. The minimum absolute atomic E-state index is 0.286. The molecule has 2 heteroatoms. The zero-order chi connectivity index (χ0) is 9.60. The Balaban J connectivity index is 1.92. The second-order valence-corrected chi connectivity index (χ2v) is 5.91. The fourth-order valence-electron chi connectivity index (χ4n) is 2.65. The van der Waals surface area contributed by atoms with Crippen LogP contribution >= 0.6 is 11.3 Å². The first-order valence-electron chi connectivity index (χ1n) is 5.60. The maximum atomic E-state index is 3.72. The molecule has 1 aliphatic heterocycles. The summed E-state index contributed by atoms with van der Waals surface area (Å²) in [5.41, 5.74) is 1.87. The molecule has 1 atom stereocenters. The largest absolute Gasteiger partial charge is 0.307 e. The third-order valence-electron chi connectivity index (χ3n) is 3.60. The Hall–Kier alpha value is -0.340. The molecule has 1 aromatic heterocycles. The first kappa shape index (κ1) is 8.93. The summed E-state index contributed by atoms with van der Waals surface area (Å²) in [5.74, 6) is 0.998. The highest BCUT2D eigenvalue weighted by molar-refractivity contribution is 7.10.